The molecule has 1 aromatic carbocycles. The average molecular weight is 236 g/mol. The van der Waals surface area contributed by atoms with Crippen molar-refractivity contribution in [3.8, 4) is 0 Å². The second-order valence-electron chi connectivity index (χ2n) is 4.30. The molecule has 1 aromatic rings. The average Bonchev–Trinajstić information content (AvgIpc) is 2.27. The molecule has 0 unspecified atom stereocenters. The number of hydrogen-bond acceptors (Lipinski definition) is 3. The van der Waals surface area contributed by atoms with Crippen LogP contribution in [0.15, 0.2) is 24.3 Å². The summed E-state index contributed by atoms with van der Waals surface area (Å²) in [5.41, 5.74) is 4.96. The summed E-state index contributed by atoms with van der Waals surface area (Å²) in [5, 5.41) is 9.14. The highest BCUT2D eigenvalue weighted by molar-refractivity contribution is 5.99. The van der Waals surface area contributed by atoms with Crippen LogP contribution in [0.25, 0.3) is 0 Å². The van der Waals surface area contributed by atoms with Gasteiger partial charge in [0.15, 0.2) is 0 Å². The molecule has 92 valence electrons. The lowest BCUT2D eigenvalue weighted by atomic mass is 10.0. The molecule has 0 aromatic heterocycles. The van der Waals surface area contributed by atoms with E-state index in [1.54, 1.807) is 45.2 Å². The monoisotopic (exact) mass is 236 g/mol. The fourth-order valence-corrected chi connectivity index (χ4v) is 1.42. The van der Waals surface area contributed by atoms with E-state index in [1.807, 2.05) is 0 Å². The van der Waals surface area contributed by atoms with E-state index in [4.69, 9.17) is 10.8 Å². The number of hydrogen-bond donors (Lipinski definition) is 2. The zero-order valence-corrected chi connectivity index (χ0v) is 10.1. The van der Waals surface area contributed by atoms with Gasteiger partial charge in [0, 0.05) is 7.05 Å². The third-order valence-electron chi connectivity index (χ3n) is 2.89. The van der Waals surface area contributed by atoms with Crippen molar-refractivity contribution in [1.29, 1.82) is 0 Å². The number of amides is 1. The minimum atomic E-state index is -1.12. The first-order chi connectivity index (χ1) is 7.78. The van der Waals surface area contributed by atoms with Crippen molar-refractivity contribution < 1.29 is 14.7 Å². The summed E-state index contributed by atoms with van der Waals surface area (Å²) in [4.78, 5) is 24.0. The molecule has 1 rings (SSSR count). The number of primary amides is 1. The molecule has 5 heteroatoms. The third kappa shape index (κ3) is 2.38. The van der Waals surface area contributed by atoms with Crippen LogP contribution in [0.2, 0.25) is 0 Å². The predicted molar refractivity (Wildman–Crippen MR) is 65.1 cm³/mol. The van der Waals surface area contributed by atoms with Crippen LogP contribution in [0.5, 0.6) is 0 Å². The molecule has 0 saturated heterocycles. The van der Waals surface area contributed by atoms with Crippen molar-refractivity contribution in [2.75, 3.05) is 11.9 Å². The van der Waals surface area contributed by atoms with Gasteiger partial charge in [-0.2, -0.15) is 0 Å². The van der Waals surface area contributed by atoms with Crippen molar-refractivity contribution in [3.63, 3.8) is 0 Å². The molecule has 0 bridgehead atoms. The molecule has 0 fully saturated rings. The van der Waals surface area contributed by atoms with Gasteiger partial charge in [-0.25, -0.2) is 4.79 Å². The molecule has 0 atom stereocenters. The highest BCUT2D eigenvalue weighted by Gasteiger charge is 2.33. The highest BCUT2D eigenvalue weighted by atomic mass is 16.4. The van der Waals surface area contributed by atoms with Crippen molar-refractivity contribution in [2.45, 2.75) is 19.4 Å². The molecule has 0 heterocycles. The SMILES string of the molecule is CN(c1ccccc1C(N)=O)C(C)(C)C(=O)O. The third-order valence-corrected chi connectivity index (χ3v) is 2.89. The number of carboxylic acid groups (broad SMARTS) is 1. The molecule has 17 heavy (non-hydrogen) atoms. The van der Waals surface area contributed by atoms with Crippen molar-refractivity contribution in [2.24, 2.45) is 5.73 Å². The maximum Gasteiger partial charge on any atom is 0.328 e. The maximum absolute atomic E-state index is 11.3. The normalized spacial score (nSPS) is 11.0. The quantitative estimate of drug-likeness (QED) is 0.819. The Morgan fingerprint density at radius 1 is 1.29 bits per heavy atom. The number of anilines is 1. The summed E-state index contributed by atoms with van der Waals surface area (Å²) in [5.74, 6) is -1.55. The van der Waals surface area contributed by atoms with E-state index in [0.717, 1.165) is 0 Å². The summed E-state index contributed by atoms with van der Waals surface area (Å²) < 4.78 is 0. The first-order valence-corrected chi connectivity index (χ1v) is 5.14. The Morgan fingerprint density at radius 2 is 1.82 bits per heavy atom. The van der Waals surface area contributed by atoms with Gasteiger partial charge in [0.2, 0.25) is 0 Å². The molecule has 3 N–H and O–H groups in total. The first kappa shape index (κ1) is 13.0. The number of carboxylic acids is 1. The lowest BCUT2D eigenvalue weighted by Crippen LogP contribution is -2.48. The van der Waals surface area contributed by atoms with Crippen molar-refractivity contribution in [1.82, 2.24) is 0 Å². The Hall–Kier alpha value is -2.04. The number of carbonyl (C=O) groups excluding carboxylic acids is 1. The zero-order valence-electron chi connectivity index (χ0n) is 10.1. The molecule has 0 aliphatic heterocycles. The van der Waals surface area contributed by atoms with Crippen molar-refractivity contribution >= 4 is 17.6 Å². The molecule has 5 nitrogen and oxygen atoms in total. The van der Waals surface area contributed by atoms with Crippen LogP contribution < -0.4 is 10.6 Å². The van der Waals surface area contributed by atoms with Crippen LogP contribution in [0, 0.1) is 0 Å². The highest BCUT2D eigenvalue weighted by Crippen LogP contribution is 2.25. The number of aliphatic carboxylic acids is 1. The van der Waals surface area contributed by atoms with E-state index in [2.05, 4.69) is 0 Å². The molecule has 0 aliphatic rings. The number of nitrogens with zero attached hydrogens (tertiary/aromatic N) is 1. The fourth-order valence-electron chi connectivity index (χ4n) is 1.42. The number of benzene rings is 1. The van der Waals surface area contributed by atoms with E-state index >= 15 is 0 Å². The standard InChI is InChI=1S/C12H16N2O3/c1-12(2,11(16)17)14(3)9-7-5-4-6-8(9)10(13)15/h4-7H,1-3H3,(H2,13,15)(H,16,17). The minimum absolute atomic E-state index is 0.310. The number of nitrogens with two attached hydrogens (primary N) is 1. The van der Waals surface area contributed by atoms with Gasteiger partial charge in [-0.15, -0.1) is 0 Å². The molecular weight excluding hydrogens is 220 g/mol. The van der Waals surface area contributed by atoms with Gasteiger partial charge in [-0.1, -0.05) is 12.1 Å². The van der Waals surface area contributed by atoms with Gasteiger partial charge in [-0.3, -0.25) is 4.79 Å². The summed E-state index contributed by atoms with van der Waals surface area (Å²) in [7, 11) is 1.62. The van der Waals surface area contributed by atoms with Gasteiger partial charge in [0.1, 0.15) is 5.54 Å². The van der Waals surface area contributed by atoms with E-state index in [1.165, 1.54) is 4.90 Å². The van der Waals surface area contributed by atoms with Gasteiger partial charge in [0.05, 0.1) is 11.3 Å². The summed E-state index contributed by atoms with van der Waals surface area (Å²) in [6, 6.07) is 6.66. The topological polar surface area (TPSA) is 83.6 Å². The van der Waals surface area contributed by atoms with E-state index in [9.17, 15) is 9.59 Å². The van der Waals surface area contributed by atoms with Gasteiger partial charge < -0.3 is 15.7 Å². The molecule has 0 aliphatic carbocycles. The molecule has 0 radical (unpaired) electrons. The Morgan fingerprint density at radius 3 is 2.29 bits per heavy atom. The Balaban J connectivity index is 3.26. The predicted octanol–water partition coefficient (Wildman–Crippen LogP) is 1.08. The number of para-hydroxylation sites is 1. The van der Waals surface area contributed by atoms with Gasteiger partial charge in [-0.05, 0) is 26.0 Å². The number of carbonyl (C=O) groups is 2. The van der Waals surface area contributed by atoms with E-state index < -0.39 is 17.4 Å². The van der Waals surface area contributed by atoms with Gasteiger partial charge >= 0.3 is 5.97 Å². The van der Waals surface area contributed by atoms with Crippen LogP contribution in [0.1, 0.15) is 24.2 Å². The van der Waals surface area contributed by atoms with Crippen LogP contribution in [0.3, 0.4) is 0 Å². The van der Waals surface area contributed by atoms with E-state index in [-0.39, 0.29) is 0 Å². The smallest absolute Gasteiger partial charge is 0.328 e. The van der Waals surface area contributed by atoms with Crippen LogP contribution in [0.4, 0.5) is 5.69 Å². The summed E-state index contributed by atoms with van der Waals surface area (Å²) >= 11 is 0. The minimum Gasteiger partial charge on any atom is -0.480 e. The zero-order chi connectivity index (χ0) is 13.2. The Labute approximate surface area is 99.8 Å². The molecular formula is C12H16N2O3. The Bertz CT molecular complexity index is 455. The number of rotatable bonds is 4. The second kappa shape index (κ2) is 4.45. The largest absolute Gasteiger partial charge is 0.480 e. The van der Waals surface area contributed by atoms with Crippen molar-refractivity contribution in [3.05, 3.63) is 29.8 Å². The molecule has 0 spiro atoms. The van der Waals surface area contributed by atoms with Crippen LogP contribution in [-0.2, 0) is 4.79 Å². The molecule has 0 saturated carbocycles. The van der Waals surface area contributed by atoms with E-state index in [0.29, 0.717) is 11.3 Å². The van der Waals surface area contributed by atoms with Gasteiger partial charge in [0.25, 0.3) is 5.91 Å². The maximum atomic E-state index is 11.3. The lowest BCUT2D eigenvalue weighted by Gasteiger charge is -2.34. The summed E-state index contributed by atoms with van der Waals surface area (Å²) in [6.45, 7) is 3.13. The fraction of sp³-hybridized carbons (Fsp3) is 0.333. The first-order valence-electron chi connectivity index (χ1n) is 5.14. The lowest BCUT2D eigenvalue weighted by molar-refractivity contribution is -0.142. The second-order valence-corrected chi connectivity index (χ2v) is 4.30. The summed E-state index contributed by atoms with van der Waals surface area (Å²) in [6.07, 6.45) is 0. The van der Waals surface area contributed by atoms with Crippen LogP contribution >= 0.6 is 0 Å². The number of likely N-dealkylation sites (N-methyl/N-ethyl adjacent to an activating group) is 1. The Kier molecular flexibility index (Phi) is 3.41. The molecule has 1 amide bonds. The van der Waals surface area contributed by atoms with Crippen LogP contribution in [-0.4, -0.2) is 29.6 Å².